The Balaban J connectivity index is 1.95. The number of aromatic nitrogens is 1. The fourth-order valence-electron chi connectivity index (χ4n) is 1.46. The van der Waals surface area contributed by atoms with E-state index in [2.05, 4.69) is 33.2 Å². The van der Waals surface area contributed by atoms with Crippen LogP contribution in [-0.2, 0) is 0 Å². The third-order valence-electron chi connectivity index (χ3n) is 2.62. The molecule has 1 N–H and O–H groups in total. The highest BCUT2D eigenvalue weighted by molar-refractivity contribution is 9.10. The average Bonchev–Trinajstić information content (AvgIpc) is 2.80. The second-order valence-electron chi connectivity index (χ2n) is 3.84. The molecule has 76 valence electrons. The Hall–Kier alpha value is -0.280. The van der Waals surface area contributed by atoms with Crippen molar-refractivity contribution in [1.29, 1.82) is 0 Å². The van der Waals surface area contributed by atoms with Crippen LogP contribution in [0.25, 0.3) is 0 Å². The van der Waals surface area contributed by atoms with Gasteiger partial charge < -0.3 is 5.32 Å². The number of hydrogen-bond acceptors (Lipinski definition) is 2. The van der Waals surface area contributed by atoms with Gasteiger partial charge in [0.05, 0.1) is 5.02 Å². The molecule has 0 saturated heterocycles. The number of nitrogens with zero attached hydrogens (tertiary/aromatic N) is 1. The molecule has 1 aliphatic carbocycles. The van der Waals surface area contributed by atoms with Gasteiger partial charge in [0, 0.05) is 17.2 Å². The van der Waals surface area contributed by atoms with E-state index >= 15 is 0 Å². The molecule has 0 bridgehead atoms. The molecule has 0 amide bonds. The van der Waals surface area contributed by atoms with Crippen molar-refractivity contribution in [2.45, 2.75) is 13.3 Å². The summed E-state index contributed by atoms with van der Waals surface area (Å²) < 4.78 is 0.910. The number of rotatable bonds is 3. The van der Waals surface area contributed by atoms with E-state index in [1.54, 1.807) is 6.20 Å². The lowest BCUT2D eigenvalue weighted by Gasteiger charge is -2.06. The molecule has 1 fully saturated rings. The molecule has 1 aromatic heterocycles. The molecule has 0 aromatic carbocycles. The van der Waals surface area contributed by atoms with E-state index in [0.29, 0.717) is 5.02 Å². The van der Waals surface area contributed by atoms with Crippen LogP contribution in [0.15, 0.2) is 16.7 Å². The van der Waals surface area contributed by atoms with Crippen molar-refractivity contribution in [2.24, 2.45) is 11.8 Å². The Morgan fingerprint density at radius 1 is 1.71 bits per heavy atom. The van der Waals surface area contributed by atoms with Gasteiger partial charge >= 0.3 is 0 Å². The number of hydrogen-bond donors (Lipinski definition) is 1. The van der Waals surface area contributed by atoms with Crippen molar-refractivity contribution in [1.82, 2.24) is 4.98 Å². The molecule has 2 atom stereocenters. The van der Waals surface area contributed by atoms with Crippen LogP contribution in [0.4, 0.5) is 5.82 Å². The van der Waals surface area contributed by atoms with Gasteiger partial charge in [-0.05, 0) is 40.3 Å². The van der Waals surface area contributed by atoms with Gasteiger partial charge in [0.2, 0.25) is 0 Å². The number of anilines is 1. The van der Waals surface area contributed by atoms with E-state index in [9.17, 15) is 0 Å². The van der Waals surface area contributed by atoms with Crippen molar-refractivity contribution in [3.63, 3.8) is 0 Å². The molecule has 0 aliphatic heterocycles. The quantitative estimate of drug-likeness (QED) is 0.912. The summed E-state index contributed by atoms with van der Waals surface area (Å²) in [6.45, 7) is 3.25. The fraction of sp³-hybridized carbons (Fsp3) is 0.500. The Labute approximate surface area is 97.2 Å². The van der Waals surface area contributed by atoms with Crippen molar-refractivity contribution in [3.8, 4) is 0 Å². The average molecular weight is 276 g/mol. The molecule has 2 unspecified atom stereocenters. The summed E-state index contributed by atoms with van der Waals surface area (Å²) >= 11 is 9.34. The largest absolute Gasteiger partial charge is 0.369 e. The standard InChI is InChI=1S/C10H12BrClN2/c1-6-2-7(6)4-13-10-9(12)3-8(11)5-14-10/h3,5-7H,2,4H2,1H3,(H,13,14). The maximum atomic E-state index is 6.01. The summed E-state index contributed by atoms with van der Waals surface area (Å²) in [7, 11) is 0. The predicted molar refractivity (Wildman–Crippen MR) is 62.7 cm³/mol. The normalized spacial score (nSPS) is 24.8. The minimum Gasteiger partial charge on any atom is -0.369 e. The summed E-state index contributed by atoms with van der Waals surface area (Å²) in [4.78, 5) is 4.21. The summed E-state index contributed by atoms with van der Waals surface area (Å²) in [6.07, 6.45) is 3.08. The van der Waals surface area contributed by atoms with Gasteiger partial charge in [0.25, 0.3) is 0 Å². The van der Waals surface area contributed by atoms with Crippen LogP contribution in [0.5, 0.6) is 0 Å². The smallest absolute Gasteiger partial charge is 0.144 e. The van der Waals surface area contributed by atoms with Crippen LogP contribution in [0.2, 0.25) is 5.02 Å². The molecule has 2 nitrogen and oxygen atoms in total. The van der Waals surface area contributed by atoms with Crippen LogP contribution < -0.4 is 5.32 Å². The van der Waals surface area contributed by atoms with Crippen LogP contribution in [-0.4, -0.2) is 11.5 Å². The summed E-state index contributed by atoms with van der Waals surface area (Å²) in [5.74, 6) is 2.45. The SMILES string of the molecule is CC1CC1CNc1ncc(Br)cc1Cl. The summed E-state index contributed by atoms with van der Waals surface area (Å²) in [5.41, 5.74) is 0. The maximum absolute atomic E-state index is 6.01. The van der Waals surface area contributed by atoms with Gasteiger partial charge in [-0.3, -0.25) is 0 Å². The van der Waals surface area contributed by atoms with Crippen LogP contribution in [0.1, 0.15) is 13.3 Å². The highest BCUT2D eigenvalue weighted by atomic mass is 79.9. The summed E-state index contributed by atoms with van der Waals surface area (Å²) in [6, 6.07) is 1.85. The monoisotopic (exact) mass is 274 g/mol. The minimum atomic E-state index is 0.674. The van der Waals surface area contributed by atoms with E-state index < -0.39 is 0 Å². The minimum absolute atomic E-state index is 0.674. The van der Waals surface area contributed by atoms with E-state index in [1.165, 1.54) is 6.42 Å². The molecule has 0 radical (unpaired) electrons. The van der Waals surface area contributed by atoms with E-state index in [-0.39, 0.29) is 0 Å². The molecule has 4 heteroatoms. The predicted octanol–water partition coefficient (Wildman–Crippen LogP) is 3.57. The highest BCUT2D eigenvalue weighted by Crippen LogP contribution is 2.37. The van der Waals surface area contributed by atoms with Crippen molar-refractivity contribution >= 4 is 33.3 Å². The van der Waals surface area contributed by atoms with Crippen molar-refractivity contribution < 1.29 is 0 Å². The van der Waals surface area contributed by atoms with Crippen LogP contribution in [0.3, 0.4) is 0 Å². The molecule has 0 spiro atoms. The number of pyridine rings is 1. The van der Waals surface area contributed by atoms with Gasteiger partial charge in [-0.1, -0.05) is 18.5 Å². The van der Waals surface area contributed by atoms with Crippen LogP contribution >= 0.6 is 27.5 Å². The van der Waals surface area contributed by atoms with Crippen molar-refractivity contribution in [2.75, 3.05) is 11.9 Å². The van der Waals surface area contributed by atoms with E-state index in [1.807, 2.05) is 6.07 Å². The van der Waals surface area contributed by atoms with Gasteiger partial charge in [-0.2, -0.15) is 0 Å². The zero-order valence-corrected chi connectivity index (χ0v) is 10.3. The zero-order valence-electron chi connectivity index (χ0n) is 7.93. The van der Waals surface area contributed by atoms with Crippen LogP contribution in [0, 0.1) is 11.8 Å². The second kappa shape index (κ2) is 4.07. The van der Waals surface area contributed by atoms with Gasteiger partial charge in [-0.15, -0.1) is 0 Å². The molecular weight excluding hydrogens is 263 g/mol. The number of nitrogens with one attached hydrogen (secondary N) is 1. The second-order valence-corrected chi connectivity index (χ2v) is 5.16. The first-order valence-corrected chi connectivity index (χ1v) is 5.89. The lowest BCUT2D eigenvalue weighted by molar-refractivity contribution is 0.784. The zero-order chi connectivity index (χ0) is 10.1. The molecule has 1 heterocycles. The fourth-order valence-corrected chi connectivity index (χ4v) is 2.15. The maximum Gasteiger partial charge on any atom is 0.144 e. The lowest BCUT2D eigenvalue weighted by Crippen LogP contribution is -2.06. The highest BCUT2D eigenvalue weighted by Gasteiger charge is 2.32. The molecular formula is C10H12BrClN2. The first-order chi connectivity index (χ1) is 6.66. The molecule has 1 saturated carbocycles. The third-order valence-corrected chi connectivity index (χ3v) is 3.34. The molecule has 14 heavy (non-hydrogen) atoms. The number of halogens is 2. The summed E-state index contributed by atoms with van der Waals surface area (Å²) in [5, 5.41) is 3.94. The molecule has 1 aliphatic rings. The Morgan fingerprint density at radius 2 is 2.43 bits per heavy atom. The van der Waals surface area contributed by atoms with Gasteiger partial charge in [-0.25, -0.2) is 4.98 Å². The molecule has 1 aromatic rings. The molecule has 2 rings (SSSR count). The first-order valence-electron chi connectivity index (χ1n) is 4.71. The van der Waals surface area contributed by atoms with E-state index in [0.717, 1.165) is 28.7 Å². The Bertz CT molecular complexity index is 343. The first kappa shape index (κ1) is 10.2. The third kappa shape index (κ3) is 2.39. The Morgan fingerprint density at radius 3 is 3.00 bits per heavy atom. The van der Waals surface area contributed by atoms with Gasteiger partial charge in [0.1, 0.15) is 5.82 Å². The lowest BCUT2D eigenvalue weighted by atomic mass is 10.3. The van der Waals surface area contributed by atoms with Crippen molar-refractivity contribution in [3.05, 3.63) is 21.8 Å². The Kier molecular flexibility index (Phi) is 2.98. The van der Waals surface area contributed by atoms with E-state index in [4.69, 9.17) is 11.6 Å². The topological polar surface area (TPSA) is 24.9 Å². The van der Waals surface area contributed by atoms with Gasteiger partial charge in [0.15, 0.2) is 0 Å².